The molecule has 1 aliphatic heterocycles. The minimum absolute atomic E-state index is 0.301. The Hall–Kier alpha value is -0.870. The summed E-state index contributed by atoms with van der Waals surface area (Å²) < 4.78 is 18.0. The summed E-state index contributed by atoms with van der Waals surface area (Å²) in [7, 11) is -0.793. The molecule has 0 aromatic heterocycles. The van der Waals surface area contributed by atoms with Crippen LogP contribution in [0.2, 0.25) is 0 Å². The molecule has 4 heteroatoms. The Morgan fingerprint density at radius 1 is 1.17 bits per heavy atom. The maximum atomic E-state index is 12.6. The topological polar surface area (TPSA) is 38.3 Å². The van der Waals surface area contributed by atoms with Crippen LogP contribution in [0.1, 0.15) is 51.5 Å². The van der Waals surface area contributed by atoms with Gasteiger partial charge in [-0.3, -0.25) is 4.21 Å². The van der Waals surface area contributed by atoms with Crippen molar-refractivity contribution in [1.29, 1.82) is 0 Å². The maximum Gasteiger partial charge on any atom is 0.0489 e. The first kappa shape index (κ1) is 17.9. The minimum atomic E-state index is -0.793. The monoisotopic (exact) mass is 349 g/mol. The Morgan fingerprint density at radius 2 is 1.96 bits per heavy atom. The van der Waals surface area contributed by atoms with E-state index in [1.165, 1.54) is 30.5 Å². The van der Waals surface area contributed by atoms with Crippen LogP contribution in [0, 0.1) is 11.8 Å². The van der Waals surface area contributed by atoms with Gasteiger partial charge >= 0.3 is 0 Å². The van der Waals surface area contributed by atoms with Gasteiger partial charge in [0.05, 0.1) is 0 Å². The van der Waals surface area contributed by atoms with E-state index in [1.807, 2.05) is 0 Å². The molecule has 0 spiro atoms. The summed E-state index contributed by atoms with van der Waals surface area (Å²) in [6.07, 6.45) is 5.79. The summed E-state index contributed by atoms with van der Waals surface area (Å²) in [6.45, 7) is 6.25. The third-order valence-corrected chi connectivity index (χ3v) is 7.67. The molecule has 1 N–H and O–H groups in total. The van der Waals surface area contributed by atoms with Crippen LogP contribution in [0.5, 0.6) is 0 Å². The smallest absolute Gasteiger partial charge is 0.0489 e. The largest absolute Gasteiger partial charge is 0.382 e. The third-order valence-electron chi connectivity index (χ3n) is 5.83. The van der Waals surface area contributed by atoms with E-state index in [0.29, 0.717) is 23.0 Å². The molecular weight excluding hydrogens is 318 g/mol. The van der Waals surface area contributed by atoms with Crippen molar-refractivity contribution in [3.63, 3.8) is 0 Å². The number of anilines is 1. The first-order valence-electron chi connectivity index (χ1n) is 9.44. The predicted molar refractivity (Wildman–Crippen MR) is 102 cm³/mol. The van der Waals surface area contributed by atoms with Crippen molar-refractivity contribution in [2.24, 2.45) is 11.8 Å². The van der Waals surface area contributed by atoms with Crippen molar-refractivity contribution in [2.45, 2.75) is 63.0 Å². The van der Waals surface area contributed by atoms with Gasteiger partial charge < -0.3 is 10.1 Å². The molecule has 1 aromatic rings. The fourth-order valence-electron chi connectivity index (χ4n) is 3.97. The van der Waals surface area contributed by atoms with Gasteiger partial charge in [0.25, 0.3) is 0 Å². The molecule has 1 aliphatic carbocycles. The van der Waals surface area contributed by atoms with Crippen LogP contribution in [-0.4, -0.2) is 28.7 Å². The number of nitrogens with one attached hydrogen (secondary N) is 1. The molecule has 1 saturated heterocycles. The fourth-order valence-corrected chi connectivity index (χ4v) is 5.43. The van der Waals surface area contributed by atoms with Crippen molar-refractivity contribution in [3.8, 4) is 0 Å². The van der Waals surface area contributed by atoms with Gasteiger partial charge in [-0.2, -0.15) is 0 Å². The van der Waals surface area contributed by atoms with Crippen LogP contribution in [-0.2, 0) is 21.3 Å². The van der Waals surface area contributed by atoms with Crippen LogP contribution in [0.15, 0.2) is 24.3 Å². The second-order valence-corrected chi connectivity index (χ2v) is 9.27. The lowest BCUT2D eigenvalue weighted by molar-refractivity contribution is 0.0992. The van der Waals surface area contributed by atoms with E-state index in [2.05, 4.69) is 43.4 Å². The highest BCUT2D eigenvalue weighted by atomic mass is 32.2. The zero-order chi connectivity index (χ0) is 16.9. The number of ether oxygens (including phenoxy) is 1. The van der Waals surface area contributed by atoms with Crippen LogP contribution in [0.25, 0.3) is 0 Å². The lowest BCUT2D eigenvalue weighted by Crippen LogP contribution is -2.35. The summed E-state index contributed by atoms with van der Waals surface area (Å²) in [4.78, 5) is 0. The number of benzene rings is 1. The number of rotatable bonds is 5. The molecule has 134 valence electrons. The van der Waals surface area contributed by atoms with E-state index in [4.69, 9.17) is 4.74 Å². The molecule has 2 aliphatic rings. The summed E-state index contributed by atoms with van der Waals surface area (Å²) in [5.74, 6) is 2.16. The molecule has 0 bridgehead atoms. The first-order valence-corrected chi connectivity index (χ1v) is 10.8. The molecule has 24 heavy (non-hydrogen) atoms. The van der Waals surface area contributed by atoms with Crippen molar-refractivity contribution < 1.29 is 8.95 Å². The van der Waals surface area contributed by atoms with E-state index in [1.54, 1.807) is 0 Å². The Balaban J connectivity index is 1.60. The zero-order valence-corrected chi connectivity index (χ0v) is 15.8. The molecule has 1 aromatic carbocycles. The Labute approximate surface area is 149 Å². The van der Waals surface area contributed by atoms with E-state index in [9.17, 15) is 4.21 Å². The Kier molecular flexibility index (Phi) is 6.34. The van der Waals surface area contributed by atoms with Crippen LogP contribution in [0.4, 0.5) is 5.69 Å². The molecular formula is C20H31NO2S. The highest BCUT2D eigenvalue weighted by molar-refractivity contribution is 7.84. The van der Waals surface area contributed by atoms with Crippen molar-refractivity contribution in [1.82, 2.24) is 0 Å². The van der Waals surface area contributed by atoms with Gasteiger partial charge in [0.15, 0.2) is 0 Å². The lowest BCUT2D eigenvalue weighted by atomic mass is 9.78. The molecule has 4 unspecified atom stereocenters. The molecule has 3 nitrogen and oxygen atoms in total. The van der Waals surface area contributed by atoms with E-state index < -0.39 is 10.8 Å². The normalized spacial score (nSPS) is 30.0. The number of hydrogen-bond donors (Lipinski definition) is 1. The molecule has 1 heterocycles. The standard InChI is InChI=1S/C20H31NO2S/c1-15-5-3-8-20(16(15)2)21-18-7-4-6-17(13-18)14-24(22)19-9-11-23-12-10-19/h4,6-7,13,15-16,19-21H,3,5,8-12,14H2,1-2H3. The second kappa shape index (κ2) is 8.48. The van der Waals surface area contributed by atoms with Crippen molar-refractivity contribution in [2.75, 3.05) is 18.5 Å². The summed E-state index contributed by atoms with van der Waals surface area (Å²) in [5, 5.41) is 4.04. The molecule has 4 atom stereocenters. The number of hydrogen-bond acceptors (Lipinski definition) is 3. The molecule has 1 saturated carbocycles. The minimum Gasteiger partial charge on any atom is -0.382 e. The fraction of sp³-hybridized carbons (Fsp3) is 0.700. The van der Waals surface area contributed by atoms with E-state index in [-0.39, 0.29) is 0 Å². The van der Waals surface area contributed by atoms with Crippen LogP contribution in [0.3, 0.4) is 0 Å². The zero-order valence-electron chi connectivity index (χ0n) is 15.0. The maximum absolute atomic E-state index is 12.6. The average Bonchev–Trinajstić information content (AvgIpc) is 2.60. The summed E-state index contributed by atoms with van der Waals surface area (Å²) >= 11 is 0. The van der Waals surface area contributed by atoms with Crippen molar-refractivity contribution >= 4 is 16.5 Å². The van der Waals surface area contributed by atoms with Gasteiger partial charge in [-0.1, -0.05) is 38.8 Å². The van der Waals surface area contributed by atoms with Crippen LogP contribution < -0.4 is 5.32 Å². The van der Waals surface area contributed by atoms with E-state index in [0.717, 1.165) is 32.0 Å². The van der Waals surface area contributed by atoms with Gasteiger partial charge in [0.1, 0.15) is 0 Å². The Bertz CT molecular complexity index is 556. The van der Waals surface area contributed by atoms with Gasteiger partial charge in [-0.15, -0.1) is 0 Å². The van der Waals surface area contributed by atoms with Gasteiger partial charge in [-0.25, -0.2) is 0 Å². The van der Waals surface area contributed by atoms with Gasteiger partial charge in [0, 0.05) is 46.7 Å². The molecule has 0 radical (unpaired) electrons. The average molecular weight is 350 g/mol. The Morgan fingerprint density at radius 3 is 2.75 bits per heavy atom. The summed E-state index contributed by atoms with van der Waals surface area (Å²) in [6, 6.07) is 9.10. The van der Waals surface area contributed by atoms with Gasteiger partial charge in [-0.05, 0) is 48.8 Å². The SMILES string of the molecule is CC1CCCC(Nc2cccc(CS(=O)C3CCOCC3)c2)C1C. The first-order chi connectivity index (χ1) is 11.6. The highest BCUT2D eigenvalue weighted by Crippen LogP contribution is 2.31. The second-order valence-electron chi connectivity index (χ2n) is 7.56. The van der Waals surface area contributed by atoms with Crippen molar-refractivity contribution in [3.05, 3.63) is 29.8 Å². The molecule has 0 amide bonds. The molecule has 3 rings (SSSR count). The van der Waals surface area contributed by atoms with Crippen LogP contribution >= 0.6 is 0 Å². The predicted octanol–water partition coefficient (Wildman–Crippen LogP) is 4.35. The van der Waals surface area contributed by atoms with Gasteiger partial charge in [0.2, 0.25) is 0 Å². The quantitative estimate of drug-likeness (QED) is 0.859. The van der Waals surface area contributed by atoms with E-state index >= 15 is 0 Å². The highest BCUT2D eigenvalue weighted by Gasteiger charge is 2.27. The third kappa shape index (κ3) is 4.60. The molecule has 2 fully saturated rings. The summed E-state index contributed by atoms with van der Waals surface area (Å²) in [5.41, 5.74) is 2.36. The lowest BCUT2D eigenvalue weighted by Gasteiger charge is -2.35.